The third-order valence-corrected chi connectivity index (χ3v) is 6.72. The summed E-state index contributed by atoms with van der Waals surface area (Å²) in [4.78, 5) is 8.45. The Bertz CT molecular complexity index is 998. The number of ether oxygens (including phenoxy) is 2. The summed E-state index contributed by atoms with van der Waals surface area (Å²) in [5, 5.41) is 15.3. The minimum atomic E-state index is -0.418. The summed E-state index contributed by atoms with van der Waals surface area (Å²) in [6, 6.07) is 8.44. The number of hydrogen-bond acceptors (Lipinski definition) is 7. The van der Waals surface area contributed by atoms with Gasteiger partial charge >= 0.3 is 0 Å². The van der Waals surface area contributed by atoms with Gasteiger partial charge in [-0.05, 0) is 19.4 Å². The molecule has 2 fully saturated rings. The van der Waals surface area contributed by atoms with Crippen LogP contribution in [-0.4, -0.2) is 56.7 Å². The molecule has 28 heavy (non-hydrogen) atoms. The van der Waals surface area contributed by atoms with E-state index in [0.29, 0.717) is 19.0 Å². The van der Waals surface area contributed by atoms with Crippen molar-refractivity contribution in [2.24, 2.45) is 0 Å². The van der Waals surface area contributed by atoms with Crippen LogP contribution in [0.3, 0.4) is 0 Å². The molecule has 2 aliphatic rings. The number of thiazole rings is 1. The van der Waals surface area contributed by atoms with Gasteiger partial charge in [-0.2, -0.15) is 4.52 Å². The lowest BCUT2D eigenvalue weighted by molar-refractivity contribution is -0.187. The number of benzene rings is 1. The molecule has 8 heteroatoms. The van der Waals surface area contributed by atoms with Crippen molar-refractivity contribution in [3.8, 4) is 5.88 Å². The lowest BCUT2D eigenvalue weighted by Crippen LogP contribution is -2.46. The van der Waals surface area contributed by atoms with Crippen molar-refractivity contribution in [1.82, 2.24) is 19.5 Å². The Hall–Kier alpha value is -2.00. The summed E-state index contributed by atoms with van der Waals surface area (Å²) >= 11 is 1.51. The Morgan fingerprint density at radius 3 is 2.61 bits per heavy atom. The molecule has 3 aromatic rings. The highest BCUT2D eigenvalue weighted by Crippen LogP contribution is 2.43. The molecule has 0 radical (unpaired) electrons. The van der Waals surface area contributed by atoms with Crippen LogP contribution in [0.2, 0.25) is 0 Å². The molecule has 1 spiro atoms. The highest BCUT2D eigenvalue weighted by molar-refractivity contribution is 7.17. The van der Waals surface area contributed by atoms with Gasteiger partial charge in [-0.15, -0.1) is 5.10 Å². The first kappa shape index (κ1) is 18.1. The second kappa shape index (κ2) is 6.81. The Labute approximate surface area is 167 Å². The zero-order valence-electron chi connectivity index (χ0n) is 16.1. The van der Waals surface area contributed by atoms with Gasteiger partial charge in [0.1, 0.15) is 5.82 Å². The van der Waals surface area contributed by atoms with E-state index in [4.69, 9.17) is 9.47 Å². The number of piperidine rings is 1. The molecule has 2 aliphatic heterocycles. The van der Waals surface area contributed by atoms with Gasteiger partial charge in [0.2, 0.25) is 10.8 Å². The average molecular weight is 401 g/mol. The van der Waals surface area contributed by atoms with E-state index >= 15 is 0 Å². The maximum Gasteiger partial charge on any atom is 0.230 e. The van der Waals surface area contributed by atoms with Crippen molar-refractivity contribution in [2.75, 3.05) is 26.3 Å². The third-order valence-electron chi connectivity index (χ3n) is 5.65. The van der Waals surface area contributed by atoms with Crippen molar-refractivity contribution in [3.05, 3.63) is 46.1 Å². The normalized spacial score (nSPS) is 20.9. The molecule has 4 heterocycles. The number of aromatic nitrogens is 3. The summed E-state index contributed by atoms with van der Waals surface area (Å²) in [7, 11) is 0. The van der Waals surface area contributed by atoms with Crippen LogP contribution in [0.15, 0.2) is 24.3 Å². The van der Waals surface area contributed by atoms with Crippen LogP contribution in [0.25, 0.3) is 4.96 Å². The number of rotatable bonds is 3. The Balaban J connectivity index is 1.53. The summed E-state index contributed by atoms with van der Waals surface area (Å²) in [5.74, 6) is 0.426. The maximum absolute atomic E-state index is 10.9. The van der Waals surface area contributed by atoms with Gasteiger partial charge in [-0.1, -0.05) is 41.2 Å². The van der Waals surface area contributed by atoms with Crippen LogP contribution in [0.5, 0.6) is 5.88 Å². The van der Waals surface area contributed by atoms with Crippen LogP contribution in [0, 0.1) is 13.8 Å². The SMILES string of the molecule is Cc1cccc([C@@H](c2sc3nc(C)nn3c2O)N2CCC3(CC2)OCCO3)c1. The molecule has 2 aromatic heterocycles. The fraction of sp³-hybridized carbons (Fsp3) is 0.500. The Kier molecular flexibility index (Phi) is 4.39. The van der Waals surface area contributed by atoms with Crippen molar-refractivity contribution in [3.63, 3.8) is 0 Å². The predicted octanol–water partition coefficient (Wildman–Crippen LogP) is 3.04. The van der Waals surface area contributed by atoms with Gasteiger partial charge < -0.3 is 14.6 Å². The second-order valence-corrected chi connectivity index (χ2v) is 8.61. The van der Waals surface area contributed by atoms with Crippen molar-refractivity contribution in [2.45, 2.75) is 38.5 Å². The van der Waals surface area contributed by atoms with Crippen LogP contribution in [0.1, 0.15) is 40.7 Å². The first-order valence-electron chi connectivity index (χ1n) is 9.68. The van der Waals surface area contributed by atoms with Gasteiger partial charge in [0.15, 0.2) is 5.79 Å². The van der Waals surface area contributed by atoms with Crippen LogP contribution in [-0.2, 0) is 9.47 Å². The topological polar surface area (TPSA) is 72.1 Å². The lowest BCUT2D eigenvalue weighted by Gasteiger charge is -2.41. The van der Waals surface area contributed by atoms with Gasteiger partial charge in [0.25, 0.3) is 0 Å². The third kappa shape index (κ3) is 3.00. The van der Waals surface area contributed by atoms with Gasteiger partial charge in [0.05, 0.1) is 24.1 Å². The second-order valence-electron chi connectivity index (χ2n) is 7.60. The van der Waals surface area contributed by atoms with Crippen molar-refractivity contribution < 1.29 is 14.6 Å². The molecule has 0 aliphatic carbocycles. The van der Waals surface area contributed by atoms with E-state index in [-0.39, 0.29) is 11.9 Å². The first-order valence-corrected chi connectivity index (χ1v) is 10.5. The quantitative estimate of drug-likeness (QED) is 0.729. The number of fused-ring (bicyclic) bond motifs is 1. The molecule has 148 valence electrons. The molecule has 0 unspecified atom stereocenters. The number of likely N-dealkylation sites (tertiary alicyclic amines) is 1. The zero-order chi connectivity index (χ0) is 19.3. The van der Waals surface area contributed by atoms with Crippen molar-refractivity contribution >= 4 is 16.3 Å². The van der Waals surface area contributed by atoms with E-state index in [2.05, 4.69) is 46.2 Å². The van der Waals surface area contributed by atoms with E-state index in [1.54, 1.807) is 4.52 Å². The smallest absolute Gasteiger partial charge is 0.230 e. The molecule has 5 rings (SSSR count). The number of nitrogens with zero attached hydrogens (tertiary/aromatic N) is 4. The molecular formula is C20H24N4O3S. The Morgan fingerprint density at radius 1 is 1.18 bits per heavy atom. The fourth-order valence-corrected chi connectivity index (χ4v) is 5.47. The van der Waals surface area contributed by atoms with E-state index in [9.17, 15) is 5.11 Å². The minimum absolute atomic E-state index is 0.0486. The first-order chi connectivity index (χ1) is 13.5. The molecule has 0 amide bonds. The number of hydrogen-bond donors (Lipinski definition) is 1. The predicted molar refractivity (Wildman–Crippen MR) is 106 cm³/mol. The lowest BCUT2D eigenvalue weighted by atomic mass is 9.96. The largest absolute Gasteiger partial charge is 0.492 e. The van der Waals surface area contributed by atoms with Crippen LogP contribution >= 0.6 is 11.3 Å². The highest BCUT2D eigenvalue weighted by atomic mass is 32.1. The minimum Gasteiger partial charge on any atom is -0.492 e. The molecule has 1 atom stereocenters. The summed E-state index contributed by atoms with van der Waals surface area (Å²) in [6.45, 7) is 6.96. The van der Waals surface area contributed by atoms with Gasteiger partial charge in [0, 0.05) is 25.9 Å². The fourth-order valence-electron chi connectivity index (χ4n) is 4.30. The van der Waals surface area contributed by atoms with Gasteiger partial charge in [-0.25, -0.2) is 4.98 Å². The van der Waals surface area contributed by atoms with E-state index < -0.39 is 5.79 Å². The Morgan fingerprint density at radius 2 is 1.93 bits per heavy atom. The molecule has 0 bridgehead atoms. The van der Waals surface area contributed by atoms with Crippen LogP contribution < -0.4 is 0 Å². The highest BCUT2D eigenvalue weighted by Gasteiger charge is 2.42. The molecule has 2 saturated heterocycles. The van der Waals surface area contributed by atoms with E-state index in [1.807, 2.05) is 6.92 Å². The standard InChI is InChI=1S/C20H24N4O3S/c1-13-4-3-5-15(12-13)16(17-18(25)24-19(28-17)21-14(2)22-24)23-8-6-20(7-9-23)26-10-11-27-20/h3-5,12,16,25H,6-11H2,1-2H3/t16-/m0/s1. The zero-order valence-corrected chi connectivity index (χ0v) is 16.9. The molecular weight excluding hydrogens is 376 g/mol. The molecule has 7 nitrogen and oxygen atoms in total. The number of aromatic hydroxyl groups is 1. The van der Waals surface area contributed by atoms with Crippen molar-refractivity contribution in [1.29, 1.82) is 0 Å². The van der Waals surface area contributed by atoms with E-state index in [0.717, 1.165) is 35.8 Å². The summed E-state index contributed by atoms with van der Waals surface area (Å²) in [6.07, 6.45) is 1.66. The molecule has 1 N–H and O–H groups in total. The average Bonchev–Trinajstić information content (AvgIpc) is 3.35. The molecule has 1 aromatic carbocycles. The van der Waals surface area contributed by atoms with Crippen LogP contribution in [0.4, 0.5) is 0 Å². The summed E-state index contributed by atoms with van der Waals surface area (Å²) in [5.41, 5.74) is 2.37. The molecule has 0 saturated carbocycles. The van der Waals surface area contributed by atoms with Gasteiger partial charge in [-0.3, -0.25) is 4.90 Å². The summed E-state index contributed by atoms with van der Waals surface area (Å²) < 4.78 is 13.3. The van der Waals surface area contributed by atoms with E-state index in [1.165, 1.54) is 22.5 Å². The maximum atomic E-state index is 10.9. The number of aryl methyl sites for hydroxylation is 2. The monoisotopic (exact) mass is 400 g/mol.